The van der Waals surface area contributed by atoms with Gasteiger partial charge in [-0.2, -0.15) is 0 Å². The minimum atomic E-state index is -0.856. The van der Waals surface area contributed by atoms with Gasteiger partial charge in [-0.3, -0.25) is 19.5 Å². The van der Waals surface area contributed by atoms with Crippen molar-refractivity contribution in [2.75, 3.05) is 4.90 Å². The molecule has 1 unspecified atom stereocenters. The Balaban J connectivity index is 1.51. The zero-order chi connectivity index (χ0) is 25.1. The molecule has 0 saturated carbocycles. The van der Waals surface area contributed by atoms with Gasteiger partial charge in [0.1, 0.15) is 18.1 Å². The lowest BCUT2D eigenvalue weighted by atomic mass is 9.96. The van der Waals surface area contributed by atoms with Gasteiger partial charge in [0, 0.05) is 28.7 Å². The van der Waals surface area contributed by atoms with Crippen LogP contribution in [0.5, 0.6) is 5.75 Å². The molecule has 4 aromatic rings. The van der Waals surface area contributed by atoms with Crippen molar-refractivity contribution in [2.45, 2.75) is 12.6 Å². The number of aliphatic hydroxyl groups is 1. The number of anilines is 1. The number of halogens is 1. The van der Waals surface area contributed by atoms with E-state index < -0.39 is 17.7 Å². The number of Topliss-reactive ketones (excluding diaryl/α,β-unsaturated/α-hetero) is 1. The summed E-state index contributed by atoms with van der Waals surface area (Å²) < 4.78 is 5.86. The van der Waals surface area contributed by atoms with Crippen molar-refractivity contribution in [1.29, 1.82) is 0 Å². The molecular weight excluding hydrogens is 476 g/mol. The van der Waals surface area contributed by atoms with Crippen LogP contribution in [-0.2, 0) is 16.2 Å². The largest absolute Gasteiger partial charge is 0.507 e. The molecule has 7 heteroatoms. The fourth-order valence-corrected chi connectivity index (χ4v) is 4.29. The molecule has 0 radical (unpaired) electrons. The van der Waals surface area contributed by atoms with E-state index >= 15 is 0 Å². The summed E-state index contributed by atoms with van der Waals surface area (Å²) in [6.07, 6.45) is 3.18. The van der Waals surface area contributed by atoms with Crippen molar-refractivity contribution in [2.24, 2.45) is 0 Å². The number of carbonyl (C=O) groups is 2. The smallest absolute Gasteiger partial charge is 0.300 e. The molecule has 1 fully saturated rings. The fourth-order valence-electron chi connectivity index (χ4n) is 4.16. The van der Waals surface area contributed by atoms with E-state index in [1.165, 1.54) is 4.90 Å². The van der Waals surface area contributed by atoms with Crippen molar-refractivity contribution in [3.8, 4) is 5.75 Å². The van der Waals surface area contributed by atoms with E-state index in [1.54, 1.807) is 73.1 Å². The zero-order valence-electron chi connectivity index (χ0n) is 19.0. The number of pyridine rings is 1. The van der Waals surface area contributed by atoms with E-state index in [4.69, 9.17) is 16.3 Å². The summed E-state index contributed by atoms with van der Waals surface area (Å²) in [6.45, 7) is 0.404. The van der Waals surface area contributed by atoms with Crippen LogP contribution in [0.3, 0.4) is 0 Å². The van der Waals surface area contributed by atoms with Gasteiger partial charge in [-0.1, -0.05) is 48.0 Å². The molecule has 5 rings (SSSR count). The molecule has 6 nitrogen and oxygen atoms in total. The highest BCUT2D eigenvalue weighted by Gasteiger charge is 2.47. The number of ether oxygens (including phenoxy) is 1. The Bertz CT molecular complexity index is 1420. The van der Waals surface area contributed by atoms with Crippen LogP contribution in [0.15, 0.2) is 109 Å². The normalized spacial score (nSPS) is 16.8. The Hall–Kier alpha value is -4.42. The number of carbonyl (C=O) groups excluding carboxylic acids is 2. The monoisotopic (exact) mass is 496 g/mol. The van der Waals surface area contributed by atoms with Crippen LogP contribution < -0.4 is 9.64 Å². The minimum Gasteiger partial charge on any atom is -0.507 e. The van der Waals surface area contributed by atoms with Gasteiger partial charge in [-0.05, 0) is 65.7 Å². The van der Waals surface area contributed by atoms with Gasteiger partial charge < -0.3 is 9.84 Å². The van der Waals surface area contributed by atoms with Crippen molar-refractivity contribution in [3.63, 3.8) is 0 Å². The summed E-state index contributed by atoms with van der Waals surface area (Å²) in [4.78, 5) is 32.0. The van der Waals surface area contributed by atoms with Crippen molar-refractivity contribution in [1.82, 2.24) is 4.98 Å². The third kappa shape index (κ3) is 4.59. The van der Waals surface area contributed by atoms with Crippen LogP contribution in [-0.4, -0.2) is 21.8 Å². The number of aromatic nitrogens is 1. The number of nitrogens with zero attached hydrogens (tertiary/aromatic N) is 2. The topological polar surface area (TPSA) is 79.7 Å². The van der Waals surface area contributed by atoms with E-state index in [-0.39, 0.29) is 11.3 Å². The second kappa shape index (κ2) is 10.1. The van der Waals surface area contributed by atoms with Crippen LogP contribution in [0.4, 0.5) is 5.69 Å². The SMILES string of the molecule is O=C1C(=O)N(c2ccc(OCc3ccccc3)cc2)C(c2cccnc2)/C1=C(/O)c1ccc(Cl)cc1. The number of rotatable bonds is 6. The third-order valence-electron chi connectivity index (χ3n) is 5.93. The Labute approximate surface area is 213 Å². The molecule has 2 heterocycles. The molecule has 178 valence electrons. The molecule has 0 spiro atoms. The highest BCUT2D eigenvalue weighted by atomic mass is 35.5. The van der Waals surface area contributed by atoms with Crippen LogP contribution in [0.25, 0.3) is 5.76 Å². The summed E-state index contributed by atoms with van der Waals surface area (Å²) >= 11 is 5.98. The van der Waals surface area contributed by atoms with Crippen molar-refractivity contribution < 1.29 is 19.4 Å². The second-order valence-corrected chi connectivity index (χ2v) is 8.67. The predicted molar refractivity (Wildman–Crippen MR) is 138 cm³/mol. The molecule has 1 aromatic heterocycles. The van der Waals surface area contributed by atoms with Gasteiger partial charge in [-0.25, -0.2) is 0 Å². The highest BCUT2D eigenvalue weighted by Crippen LogP contribution is 2.42. The Morgan fingerprint density at radius 3 is 2.31 bits per heavy atom. The molecule has 1 aliphatic rings. The van der Waals surface area contributed by atoms with E-state index in [1.807, 2.05) is 30.3 Å². The molecule has 36 heavy (non-hydrogen) atoms. The molecule has 1 aliphatic heterocycles. The lowest BCUT2D eigenvalue weighted by Crippen LogP contribution is -2.29. The van der Waals surface area contributed by atoms with E-state index in [0.29, 0.717) is 34.2 Å². The maximum Gasteiger partial charge on any atom is 0.300 e. The van der Waals surface area contributed by atoms with Crippen LogP contribution >= 0.6 is 11.6 Å². The molecule has 1 atom stereocenters. The summed E-state index contributed by atoms with van der Waals surface area (Å²) in [5, 5.41) is 11.6. The van der Waals surface area contributed by atoms with E-state index in [0.717, 1.165) is 5.56 Å². The number of benzene rings is 3. The Kier molecular flexibility index (Phi) is 6.52. The summed E-state index contributed by atoms with van der Waals surface area (Å²) in [7, 11) is 0. The van der Waals surface area contributed by atoms with Gasteiger partial charge in [0.05, 0.1) is 11.6 Å². The molecule has 1 saturated heterocycles. The van der Waals surface area contributed by atoms with Crippen molar-refractivity contribution in [3.05, 3.63) is 131 Å². The van der Waals surface area contributed by atoms with Crippen LogP contribution in [0.1, 0.15) is 22.7 Å². The second-order valence-electron chi connectivity index (χ2n) is 8.23. The average Bonchev–Trinajstić information content (AvgIpc) is 3.19. The van der Waals surface area contributed by atoms with Crippen molar-refractivity contribution >= 4 is 34.7 Å². The molecule has 0 aliphatic carbocycles. The highest BCUT2D eigenvalue weighted by molar-refractivity contribution is 6.51. The summed E-state index contributed by atoms with van der Waals surface area (Å²) in [5.74, 6) is -1.17. The van der Waals surface area contributed by atoms with Gasteiger partial charge >= 0.3 is 0 Å². The quantitative estimate of drug-likeness (QED) is 0.203. The van der Waals surface area contributed by atoms with Gasteiger partial charge in [-0.15, -0.1) is 0 Å². The van der Waals surface area contributed by atoms with E-state index in [9.17, 15) is 14.7 Å². The number of amides is 1. The fraction of sp³-hybridized carbons (Fsp3) is 0.0690. The first-order valence-electron chi connectivity index (χ1n) is 11.3. The first kappa shape index (κ1) is 23.3. The molecular formula is C29H21ClN2O4. The Morgan fingerprint density at radius 1 is 0.917 bits per heavy atom. The summed E-state index contributed by atoms with van der Waals surface area (Å²) in [5.41, 5.74) is 2.49. The summed E-state index contributed by atoms with van der Waals surface area (Å²) in [6, 6.07) is 25.8. The first-order chi connectivity index (χ1) is 17.5. The number of ketones is 1. The zero-order valence-corrected chi connectivity index (χ0v) is 19.8. The Morgan fingerprint density at radius 2 is 1.64 bits per heavy atom. The van der Waals surface area contributed by atoms with Crippen LogP contribution in [0.2, 0.25) is 5.02 Å². The minimum absolute atomic E-state index is 0.0141. The molecule has 0 bridgehead atoms. The average molecular weight is 497 g/mol. The third-order valence-corrected chi connectivity index (χ3v) is 6.18. The maximum absolute atomic E-state index is 13.2. The van der Waals surface area contributed by atoms with E-state index in [2.05, 4.69) is 4.98 Å². The van der Waals surface area contributed by atoms with Gasteiger partial charge in [0.25, 0.3) is 11.7 Å². The first-order valence-corrected chi connectivity index (χ1v) is 11.6. The van der Waals surface area contributed by atoms with Gasteiger partial charge in [0.2, 0.25) is 0 Å². The molecule has 1 N–H and O–H groups in total. The standard InChI is InChI=1S/C29H21ClN2O4/c30-22-10-8-20(9-11-22)27(33)25-26(21-7-4-16-31-17-21)32(29(35)28(25)34)23-12-14-24(15-13-23)36-18-19-5-2-1-3-6-19/h1-17,26,33H,18H2/b27-25-. The maximum atomic E-state index is 13.2. The number of aliphatic hydroxyl groups excluding tert-OH is 1. The molecule has 1 amide bonds. The number of hydrogen-bond donors (Lipinski definition) is 1. The predicted octanol–water partition coefficient (Wildman–Crippen LogP) is 5.94. The van der Waals surface area contributed by atoms with Crippen LogP contribution in [0, 0.1) is 0 Å². The number of hydrogen-bond acceptors (Lipinski definition) is 5. The lowest BCUT2D eigenvalue weighted by Gasteiger charge is -2.25. The molecule has 3 aromatic carbocycles. The lowest BCUT2D eigenvalue weighted by molar-refractivity contribution is -0.132. The van der Waals surface area contributed by atoms with Gasteiger partial charge in [0.15, 0.2) is 0 Å².